The molecule has 0 radical (unpaired) electrons. The lowest BCUT2D eigenvalue weighted by Gasteiger charge is -2.32. The molecule has 2 fully saturated rings. The molecule has 2 atom stereocenters. The van der Waals surface area contributed by atoms with Crippen LogP contribution >= 0.6 is 0 Å². The first kappa shape index (κ1) is 15.0. The van der Waals surface area contributed by atoms with E-state index >= 15 is 0 Å². The average molecular weight is 288 g/mol. The van der Waals surface area contributed by atoms with Gasteiger partial charge in [-0.1, -0.05) is 31.2 Å². The van der Waals surface area contributed by atoms with E-state index in [4.69, 9.17) is 4.74 Å². The Labute approximate surface area is 128 Å². The maximum Gasteiger partial charge on any atom is 0.0707 e. The Balaban J connectivity index is 1.46. The zero-order chi connectivity index (χ0) is 14.5. The van der Waals surface area contributed by atoms with Crippen molar-refractivity contribution in [3.63, 3.8) is 0 Å². The fourth-order valence-corrected chi connectivity index (χ4v) is 3.43. The molecule has 21 heavy (non-hydrogen) atoms. The first-order valence-electron chi connectivity index (χ1n) is 8.50. The third-order valence-corrected chi connectivity index (χ3v) is 4.57. The van der Waals surface area contributed by atoms with Crippen LogP contribution in [0.15, 0.2) is 24.3 Å². The van der Waals surface area contributed by atoms with Crippen LogP contribution in [0.4, 0.5) is 0 Å². The van der Waals surface area contributed by atoms with Gasteiger partial charge < -0.3 is 10.1 Å². The molecule has 1 aromatic rings. The van der Waals surface area contributed by atoms with Gasteiger partial charge in [0.2, 0.25) is 0 Å². The Morgan fingerprint density at radius 1 is 1.05 bits per heavy atom. The van der Waals surface area contributed by atoms with Crippen LogP contribution in [0, 0.1) is 0 Å². The minimum Gasteiger partial charge on any atom is -0.372 e. The molecule has 0 saturated carbocycles. The van der Waals surface area contributed by atoms with Gasteiger partial charge in [0.25, 0.3) is 0 Å². The fourth-order valence-electron chi connectivity index (χ4n) is 3.43. The highest BCUT2D eigenvalue weighted by molar-refractivity contribution is 5.23. The molecule has 2 aliphatic rings. The zero-order valence-electron chi connectivity index (χ0n) is 13.2. The molecule has 0 amide bonds. The molecule has 116 valence electrons. The van der Waals surface area contributed by atoms with Crippen LogP contribution in [-0.2, 0) is 17.7 Å². The van der Waals surface area contributed by atoms with Gasteiger partial charge in [-0.05, 0) is 49.9 Å². The van der Waals surface area contributed by atoms with E-state index in [9.17, 15) is 0 Å². The van der Waals surface area contributed by atoms with Crippen LogP contribution in [0.3, 0.4) is 0 Å². The smallest absolute Gasteiger partial charge is 0.0707 e. The van der Waals surface area contributed by atoms with E-state index in [-0.39, 0.29) is 0 Å². The quantitative estimate of drug-likeness (QED) is 0.781. The number of morpholine rings is 1. The minimum atomic E-state index is 0.493. The standard InChI is InChI=1S/C18H28N2O/c1-2-10-19-11-9-15-3-5-16(6-4-15)12-20-13-17-7-8-18(14-20)21-17/h3-6,17-19H,2,7-14H2,1H3. The Bertz CT molecular complexity index is 419. The Morgan fingerprint density at radius 3 is 2.38 bits per heavy atom. The third kappa shape index (κ3) is 4.29. The number of rotatable bonds is 7. The van der Waals surface area contributed by atoms with Crippen molar-refractivity contribution in [1.82, 2.24) is 10.2 Å². The summed E-state index contributed by atoms with van der Waals surface area (Å²) in [5, 5.41) is 3.46. The second-order valence-corrected chi connectivity index (χ2v) is 6.47. The molecule has 2 heterocycles. The normalized spacial score (nSPS) is 25.4. The number of nitrogens with one attached hydrogen (secondary N) is 1. The van der Waals surface area contributed by atoms with Crippen molar-refractivity contribution < 1.29 is 4.74 Å². The van der Waals surface area contributed by atoms with Crippen LogP contribution in [0.1, 0.15) is 37.3 Å². The monoisotopic (exact) mass is 288 g/mol. The van der Waals surface area contributed by atoms with Crippen LogP contribution in [0.25, 0.3) is 0 Å². The van der Waals surface area contributed by atoms with Crippen LogP contribution in [0.2, 0.25) is 0 Å². The summed E-state index contributed by atoms with van der Waals surface area (Å²) < 4.78 is 5.90. The van der Waals surface area contributed by atoms with E-state index < -0.39 is 0 Å². The molecule has 2 saturated heterocycles. The second kappa shape index (κ2) is 7.39. The molecule has 1 N–H and O–H groups in total. The SMILES string of the molecule is CCCNCCc1ccc(CN2CC3CCC(C2)O3)cc1. The molecule has 3 rings (SSSR count). The van der Waals surface area contributed by atoms with Gasteiger partial charge in [0, 0.05) is 19.6 Å². The van der Waals surface area contributed by atoms with E-state index in [1.165, 1.54) is 30.4 Å². The van der Waals surface area contributed by atoms with E-state index in [0.29, 0.717) is 12.2 Å². The summed E-state index contributed by atoms with van der Waals surface area (Å²) in [6.07, 6.45) is 5.83. The maximum atomic E-state index is 5.90. The highest BCUT2D eigenvalue weighted by atomic mass is 16.5. The van der Waals surface area contributed by atoms with Gasteiger partial charge in [0.15, 0.2) is 0 Å². The van der Waals surface area contributed by atoms with Crippen molar-refractivity contribution in [1.29, 1.82) is 0 Å². The molecule has 3 heteroatoms. The molecule has 2 bridgehead atoms. The number of ether oxygens (including phenoxy) is 1. The largest absolute Gasteiger partial charge is 0.372 e. The lowest BCUT2D eigenvalue weighted by Crippen LogP contribution is -2.41. The Hall–Kier alpha value is -0.900. The lowest BCUT2D eigenvalue weighted by atomic mass is 10.1. The van der Waals surface area contributed by atoms with E-state index in [0.717, 1.165) is 39.1 Å². The zero-order valence-corrected chi connectivity index (χ0v) is 13.2. The summed E-state index contributed by atoms with van der Waals surface area (Å²) in [5.74, 6) is 0. The summed E-state index contributed by atoms with van der Waals surface area (Å²) >= 11 is 0. The number of nitrogens with zero attached hydrogens (tertiary/aromatic N) is 1. The molecular weight excluding hydrogens is 260 g/mol. The highest BCUT2D eigenvalue weighted by Gasteiger charge is 2.33. The van der Waals surface area contributed by atoms with Crippen molar-refractivity contribution in [2.24, 2.45) is 0 Å². The van der Waals surface area contributed by atoms with Crippen LogP contribution in [0.5, 0.6) is 0 Å². The van der Waals surface area contributed by atoms with Crippen LogP contribution < -0.4 is 5.32 Å². The first-order valence-corrected chi connectivity index (χ1v) is 8.50. The number of hydrogen-bond donors (Lipinski definition) is 1. The van der Waals surface area contributed by atoms with Gasteiger partial charge in [0.05, 0.1) is 12.2 Å². The summed E-state index contributed by atoms with van der Waals surface area (Å²) in [5.41, 5.74) is 2.87. The van der Waals surface area contributed by atoms with Crippen molar-refractivity contribution in [3.8, 4) is 0 Å². The Kier molecular flexibility index (Phi) is 5.28. The minimum absolute atomic E-state index is 0.493. The number of fused-ring (bicyclic) bond motifs is 2. The van der Waals surface area contributed by atoms with Gasteiger partial charge in [-0.15, -0.1) is 0 Å². The molecule has 0 aliphatic carbocycles. The van der Waals surface area contributed by atoms with Crippen molar-refractivity contribution in [2.45, 2.75) is 51.4 Å². The number of benzene rings is 1. The highest BCUT2D eigenvalue weighted by Crippen LogP contribution is 2.27. The molecule has 0 aromatic heterocycles. The third-order valence-electron chi connectivity index (χ3n) is 4.57. The van der Waals surface area contributed by atoms with Gasteiger partial charge >= 0.3 is 0 Å². The molecule has 0 spiro atoms. The Morgan fingerprint density at radius 2 is 1.71 bits per heavy atom. The lowest BCUT2D eigenvalue weighted by molar-refractivity contribution is -0.0410. The maximum absolute atomic E-state index is 5.90. The van der Waals surface area contributed by atoms with Gasteiger partial charge in [0.1, 0.15) is 0 Å². The number of hydrogen-bond acceptors (Lipinski definition) is 3. The predicted molar refractivity (Wildman–Crippen MR) is 86.5 cm³/mol. The van der Waals surface area contributed by atoms with E-state index in [1.807, 2.05) is 0 Å². The van der Waals surface area contributed by atoms with E-state index in [1.54, 1.807) is 0 Å². The van der Waals surface area contributed by atoms with E-state index in [2.05, 4.69) is 41.4 Å². The van der Waals surface area contributed by atoms with Crippen molar-refractivity contribution >= 4 is 0 Å². The van der Waals surface area contributed by atoms with Crippen molar-refractivity contribution in [2.75, 3.05) is 26.2 Å². The second-order valence-electron chi connectivity index (χ2n) is 6.47. The van der Waals surface area contributed by atoms with Gasteiger partial charge in [-0.3, -0.25) is 4.90 Å². The summed E-state index contributed by atoms with van der Waals surface area (Å²) in [4.78, 5) is 2.56. The predicted octanol–water partition coefficient (Wildman–Crippen LogP) is 2.59. The summed E-state index contributed by atoms with van der Waals surface area (Å²) in [7, 11) is 0. The molecule has 1 aromatic carbocycles. The average Bonchev–Trinajstić information content (AvgIpc) is 2.84. The molecule has 2 unspecified atom stereocenters. The van der Waals surface area contributed by atoms with Gasteiger partial charge in [-0.2, -0.15) is 0 Å². The first-order chi connectivity index (χ1) is 10.3. The summed E-state index contributed by atoms with van der Waals surface area (Å²) in [6, 6.07) is 9.18. The molecule has 2 aliphatic heterocycles. The van der Waals surface area contributed by atoms with Crippen LogP contribution in [-0.4, -0.2) is 43.3 Å². The number of likely N-dealkylation sites (tertiary alicyclic amines) is 1. The fraction of sp³-hybridized carbons (Fsp3) is 0.667. The molecule has 3 nitrogen and oxygen atoms in total. The topological polar surface area (TPSA) is 24.5 Å². The summed E-state index contributed by atoms with van der Waals surface area (Å²) in [6.45, 7) is 7.71. The van der Waals surface area contributed by atoms with Gasteiger partial charge in [-0.25, -0.2) is 0 Å². The molecular formula is C18H28N2O. The van der Waals surface area contributed by atoms with Crippen molar-refractivity contribution in [3.05, 3.63) is 35.4 Å².